The molecule has 1 fully saturated rings. The number of primary amides is 1. The zero-order chi connectivity index (χ0) is 17.8. The number of likely N-dealkylation sites (tertiary alicyclic amines) is 1. The van der Waals surface area contributed by atoms with Gasteiger partial charge < -0.3 is 20.7 Å². The van der Waals surface area contributed by atoms with Gasteiger partial charge in [-0.1, -0.05) is 24.3 Å². The molecule has 1 aliphatic rings. The number of para-hydroxylation sites is 3. The Hall–Kier alpha value is -3.02. The molecule has 3 rings (SSSR count). The van der Waals surface area contributed by atoms with Crippen molar-refractivity contribution < 1.29 is 14.3 Å². The van der Waals surface area contributed by atoms with Crippen molar-refractivity contribution in [2.24, 2.45) is 11.7 Å². The van der Waals surface area contributed by atoms with E-state index in [9.17, 15) is 9.59 Å². The Labute approximate surface area is 146 Å². The van der Waals surface area contributed by atoms with Crippen molar-refractivity contribution in [1.82, 2.24) is 4.90 Å². The number of hydrogen-bond acceptors (Lipinski definition) is 4. The van der Waals surface area contributed by atoms with Crippen molar-refractivity contribution >= 4 is 23.2 Å². The molecule has 0 unspecified atom stereocenters. The highest BCUT2D eigenvalue weighted by atomic mass is 16.5. The molecule has 1 aliphatic heterocycles. The summed E-state index contributed by atoms with van der Waals surface area (Å²) in [6.45, 7) is 0.909. The quantitative estimate of drug-likeness (QED) is 0.876. The van der Waals surface area contributed by atoms with E-state index in [0.29, 0.717) is 36.5 Å². The van der Waals surface area contributed by atoms with E-state index in [-0.39, 0.29) is 17.7 Å². The van der Waals surface area contributed by atoms with Gasteiger partial charge in [-0.05, 0) is 30.7 Å². The number of ether oxygens (including phenoxy) is 1. The van der Waals surface area contributed by atoms with Gasteiger partial charge in [-0.15, -0.1) is 0 Å². The maximum absolute atomic E-state index is 12.9. The molecule has 1 atom stereocenters. The highest BCUT2D eigenvalue weighted by Crippen LogP contribution is 2.30. The summed E-state index contributed by atoms with van der Waals surface area (Å²) in [4.78, 5) is 25.9. The third kappa shape index (κ3) is 3.57. The summed E-state index contributed by atoms with van der Waals surface area (Å²) in [5, 5.41) is 3.27. The minimum atomic E-state index is -0.351. The molecule has 25 heavy (non-hydrogen) atoms. The lowest BCUT2D eigenvalue weighted by Gasteiger charge is -2.19. The second-order valence-corrected chi connectivity index (χ2v) is 6.01. The second kappa shape index (κ2) is 7.25. The summed E-state index contributed by atoms with van der Waals surface area (Å²) in [5.74, 6) is -0.0320. The number of carbonyl (C=O) groups is 2. The molecule has 2 amide bonds. The number of anilines is 2. The fourth-order valence-corrected chi connectivity index (χ4v) is 3.02. The number of amides is 2. The molecule has 3 N–H and O–H groups in total. The van der Waals surface area contributed by atoms with E-state index in [1.54, 1.807) is 18.1 Å². The van der Waals surface area contributed by atoms with Crippen molar-refractivity contribution in [3.63, 3.8) is 0 Å². The molecule has 130 valence electrons. The number of nitrogens with one attached hydrogen (secondary N) is 1. The SMILES string of the molecule is COc1ccccc1Nc1ccccc1C(=O)N1CC[C@@H](C(N)=O)C1. The number of hydrogen-bond donors (Lipinski definition) is 2. The van der Waals surface area contributed by atoms with Crippen LogP contribution in [0.3, 0.4) is 0 Å². The van der Waals surface area contributed by atoms with E-state index < -0.39 is 0 Å². The molecular weight excluding hydrogens is 318 g/mol. The van der Waals surface area contributed by atoms with Crippen LogP contribution in [0.15, 0.2) is 48.5 Å². The first-order valence-corrected chi connectivity index (χ1v) is 8.18. The fraction of sp³-hybridized carbons (Fsp3) is 0.263. The molecular formula is C19H21N3O3. The van der Waals surface area contributed by atoms with E-state index in [4.69, 9.17) is 10.5 Å². The van der Waals surface area contributed by atoms with Crippen LogP contribution in [0.25, 0.3) is 0 Å². The summed E-state index contributed by atoms with van der Waals surface area (Å²) in [6.07, 6.45) is 0.614. The van der Waals surface area contributed by atoms with Gasteiger partial charge in [0.15, 0.2) is 0 Å². The van der Waals surface area contributed by atoms with Gasteiger partial charge in [0, 0.05) is 13.1 Å². The van der Waals surface area contributed by atoms with Crippen LogP contribution in [-0.2, 0) is 4.79 Å². The Morgan fingerprint density at radius 2 is 1.80 bits per heavy atom. The molecule has 0 saturated carbocycles. The van der Waals surface area contributed by atoms with E-state index >= 15 is 0 Å². The van der Waals surface area contributed by atoms with Crippen LogP contribution < -0.4 is 15.8 Å². The lowest BCUT2D eigenvalue weighted by Crippen LogP contribution is -2.32. The molecule has 0 aliphatic carbocycles. The number of carbonyl (C=O) groups excluding carboxylic acids is 2. The van der Waals surface area contributed by atoms with Crippen molar-refractivity contribution in [3.05, 3.63) is 54.1 Å². The number of methoxy groups -OCH3 is 1. The van der Waals surface area contributed by atoms with E-state index in [2.05, 4.69) is 5.32 Å². The third-order valence-electron chi connectivity index (χ3n) is 4.41. The Bertz CT molecular complexity index is 791. The maximum atomic E-state index is 12.9. The van der Waals surface area contributed by atoms with Gasteiger partial charge in [-0.3, -0.25) is 9.59 Å². The van der Waals surface area contributed by atoms with Crippen LogP contribution >= 0.6 is 0 Å². The van der Waals surface area contributed by atoms with E-state index in [1.165, 1.54) is 0 Å². The van der Waals surface area contributed by atoms with Crippen molar-refractivity contribution in [3.8, 4) is 5.75 Å². The normalized spacial score (nSPS) is 16.5. The third-order valence-corrected chi connectivity index (χ3v) is 4.41. The summed E-state index contributed by atoms with van der Waals surface area (Å²) in [6, 6.07) is 14.8. The van der Waals surface area contributed by atoms with Crippen molar-refractivity contribution in [2.45, 2.75) is 6.42 Å². The Morgan fingerprint density at radius 1 is 1.12 bits per heavy atom. The Balaban J connectivity index is 1.84. The molecule has 0 spiro atoms. The molecule has 6 nitrogen and oxygen atoms in total. The maximum Gasteiger partial charge on any atom is 0.255 e. The van der Waals surface area contributed by atoms with Gasteiger partial charge in [0.05, 0.1) is 30.0 Å². The minimum absolute atomic E-state index is 0.109. The molecule has 0 aromatic heterocycles. The Kier molecular flexibility index (Phi) is 4.88. The largest absolute Gasteiger partial charge is 0.495 e. The van der Waals surface area contributed by atoms with Crippen molar-refractivity contribution in [1.29, 1.82) is 0 Å². The lowest BCUT2D eigenvalue weighted by atomic mass is 10.1. The second-order valence-electron chi connectivity index (χ2n) is 6.01. The number of benzene rings is 2. The van der Waals surface area contributed by atoms with Gasteiger partial charge >= 0.3 is 0 Å². The predicted octanol–water partition coefficient (Wildman–Crippen LogP) is 2.39. The first-order valence-electron chi connectivity index (χ1n) is 8.18. The summed E-state index contributed by atoms with van der Waals surface area (Å²) in [5.41, 5.74) is 7.39. The number of nitrogens with two attached hydrogens (primary N) is 1. The fourth-order valence-electron chi connectivity index (χ4n) is 3.02. The van der Waals surface area contributed by atoms with Gasteiger partial charge in [0.1, 0.15) is 5.75 Å². The summed E-state index contributed by atoms with van der Waals surface area (Å²) < 4.78 is 5.35. The standard InChI is InChI=1S/C19H21N3O3/c1-25-17-9-5-4-8-16(17)21-15-7-3-2-6-14(15)19(24)22-11-10-13(12-22)18(20)23/h2-9,13,21H,10-12H2,1H3,(H2,20,23)/t13-/m1/s1. The van der Waals surface area contributed by atoms with E-state index in [1.807, 2.05) is 42.5 Å². The molecule has 2 aromatic carbocycles. The summed E-state index contributed by atoms with van der Waals surface area (Å²) in [7, 11) is 1.60. The van der Waals surface area contributed by atoms with Gasteiger partial charge in [0.2, 0.25) is 5.91 Å². The lowest BCUT2D eigenvalue weighted by molar-refractivity contribution is -0.121. The highest BCUT2D eigenvalue weighted by molar-refractivity contribution is 6.01. The topological polar surface area (TPSA) is 84.7 Å². The van der Waals surface area contributed by atoms with Crippen LogP contribution in [-0.4, -0.2) is 36.9 Å². The zero-order valence-corrected chi connectivity index (χ0v) is 14.1. The highest BCUT2D eigenvalue weighted by Gasteiger charge is 2.31. The number of nitrogens with zero attached hydrogens (tertiary/aromatic N) is 1. The first kappa shape index (κ1) is 16.8. The van der Waals surface area contributed by atoms with Gasteiger partial charge in [-0.2, -0.15) is 0 Å². The monoisotopic (exact) mass is 339 g/mol. The molecule has 0 radical (unpaired) electrons. The molecule has 6 heteroatoms. The van der Waals surface area contributed by atoms with Gasteiger partial charge in [0.25, 0.3) is 5.91 Å². The molecule has 2 aromatic rings. The van der Waals surface area contributed by atoms with Crippen molar-refractivity contribution in [2.75, 3.05) is 25.5 Å². The summed E-state index contributed by atoms with van der Waals surface area (Å²) >= 11 is 0. The molecule has 1 heterocycles. The van der Waals surface area contributed by atoms with Crippen LogP contribution in [0.4, 0.5) is 11.4 Å². The van der Waals surface area contributed by atoms with Crippen LogP contribution in [0.2, 0.25) is 0 Å². The Morgan fingerprint density at radius 3 is 2.48 bits per heavy atom. The van der Waals surface area contributed by atoms with E-state index in [0.717, 1.165) is 5.69 Å². The number of rotatable bonds is 5. The van der Waals surface area contributed by atoms with Crippen LogP contribution in [0.5, 0.6) is 5.75 Å². The van der Waals surface area contributed by atoms with Gasteiger partial charge in [-0.25, -0.2) is 0 Å². The van der Waals surface area contributed by atoms with Crippen LogP contribution in [0.1, 0.15) is 16.8 Å². The van der Waals surface area contributed by atoms with Crippen LogP contribution in [0, 0.1) is 5.92 Å². The zero-order valence-electron chi connectivity index (χ0n) is 14.1. The predicted molar refractivity (Wildman–Crippen MR) is 95.9 cm³/mol. The average Bonchev–Trinajstić information content (AvgIpc) is 3.12. The average molecular weight is 339 g/mol. The molecule has 1 saturated heterocycles. The first-order chi connectivity index (χ1) is 12.1. The smallest absolute Gasteiger partial charge is 0.255 e. The minimum Gasteiger partial charge on any atom is -0.495 e. The molecule has 0 bridgehead atoms.